The van der Waals surface area contributed by atoms with Gasteiger partial charge in [-0.2, -0.15) is 13.2 Å². The first kappa shape index (κ1) is 12.9. The molecular weight excluding hydrogens is 274 g/mol. The predicted octanol–water partition coefficient (Wildman–Crippen LogP) is 3.65. The van der Waals surface area contributed by atoms with Crippen molar-refractivity contribution in [2.75, 3.05) is 0 Å². The van der Waals surface area contributed by atoms with Crippen LogP contribution in [0.1, 0.15) is 11.3 Å². The number of hydrogen-bond donors (Lipinski definition) is 1. The third kappa shape index (κ3) is 1.86. The van der Waals surface area contributed by atoms with E-state index in [1.54, 1.807) is 0 Å². The number of fused-ring (bicyclic) bond motifs is 1. The largest absolute Gasteiger partial charge is 0.431 e. The summed E-state index contributed by atoms with van der Waals surface area (Å²) in [5, 5.41) is -0.609. The Morgan fingerprint density at radius 3 is 2.44 bits per heavy atom. The van der Waals surface area contributed by atoms with E-state index in [1.807, 2.05) is 4.98 Å². The normalized spacial score (nSPS) is 12.1. The van der Waals surface area contributed by atoms with Gasteiger partial charge in [-0.3, -0.25) is 4.79 Å². The predicted molar refractivity (Wildman–Crippen MR) is 59.3 cm³/mol. The third-order valence-corrected chi connectivity index (χ3v) is 2.89. The van der Waals surface area contributed by atoms with Crippen molar-refractivity contribution in [1.82, 2.24) is 4.98 Å². The molecule has 1 aromatic carbocycles. The van der Waals surface area contributed by atoms with Gasteiger partial charge in [0.25, 0.3) is 0 Å². The van der Waals surface area contributed by atoms with Crippen LogP contribution in [0.15, 0.2) is 16.9 Å². The van der Waals surface area contributed by atoms with E-state index in [0.717, 1.165) is 19.1 Å². The minimum atomic E-state index is -4.73. The molecule has 96 valence electrons. The minimum absolute atomic E-state index is 0.144. The summed E-state index contributed by atoms with van der Waals surface area (Å²) in [6.45, 7) is 0.988. The Kier molecular flexibility index (Phi) is 2.85. The van der Waals surface area contributed by atoms with E-state index in [4.69, 9.17) is 11.6 Å². The fourth-order valence-electron chi connectivity index (χ4n) is 1.70. The molecule has 2 aromatic rings. The summed E-state index contributed by atoms with van der Waals surface area (Å²) in [7, 11) is 0. The van der Waals surface area contributed by atoms with Crippen molar-refractivity contribution in [3.63, 3.8) is 0 Å². The second-order valence-electron chi connectivity index (χ2n) is 3.73. The summed E-state index contributed by atoms with van der Waals surface area (Å²) in [5.41, 5.74) is -3.17. The van der Waals surface area contributed by atoms with Gasteiger partial charge in [0.1, 0.15) is 11.5 Å². The van der Waals surface area contributed by atoms with Crippen LogP contribution in [-0.2, 0) is 6.18 Å². The molecule has 0 spiro atoms. The summed E-state index contributed by atoms with van der Waals surface area (Å²) in [6, 6.07) is 2.03. The molecule has 0 aliphatic rings. The lowest BCUT2D eigenvalue weighted by molar-refractivity contribution is -0.141. The quantitative estimate of drug-likeness (QED) is 0.734. The van der Waals surface area contributed by atoms with Crippen molar-refractivity contribution in [3.8, 4) is 0 Å². The summed E-state index contributed by atoms with van der Waals surface area (Å²) in [6.07, 6.45) is -4.73. The zero-order valence-corrected chi connectivity index (χ0v) is 9.71. The second-order valence-corrected chi connectivity index (χ2v) is 4.14. The Morgan fingerprint density at radius 1 is 1.28 bits per heavy atom. The molecule has 0 amide bonds. The van der Waals surface area contributed by atoms with Gasteiger partial charge < -0.3 is 4.98 Å². The van der Waals surface area contributed by atoms with Gasteiger partial charge in [-0.1, -0.05) is 11.6 Å². The third-order valence-electron chi connectivity index (χ3n) is 2.58. The number of rotatable bonds is 0. The highest BCUT2D eigenvalue weighted by Crippen LogP contribution is 2.32. The van der Waals surface area contributed by atoms with Crippen molar-refractivity contribution in [2.24, 2.45) is 0 Å². The number of H-pyrrole nitrogens is 1. The summed E-state index contributed by atoms with van der Waals surface area (Å²) in [4.78, 5) is 13.7. The average Bonchev–Trinajstić information content (AvgIpc) is 2.26. The first-order valence-corrected chi connectivity index (χ1v) is 5.19. The van der Waals surface area contributed by atoms with E-state index in [1.165, 1.54) is 0 Å². The lowest BCUT2D eigenvalue weighted by atomic mass is 10.1. The zero-order chi connectivity index (χ0) is 13.7. The highest BCUT2D eigenvalue weighted by atomic mass is 35.5. The number of aromatic amines is 1. The molecule has 0 saturated heterocycles. The van der Waals surface area contributed by atoms with Crippen molar-refractivity contribution in [3.05, 3.63) is 44.5 Å². The molecule has 2 rings (SSSR count). The highest BCUT2D eigenvalue weighted by molar-refractivity contribution is 6.35. The maximum Gasteiger partial charge on any atom is 0.431 e. The van der Waals surface area contributed by atoms with Gasteiger partial charge in [0, 0.05) is 5.56 Å². The molecule has 1 N–H and O–H groups in total. The van der Waals surface area contributed by atoms with Crippen LogP contribution in [0.25, 0.3) is 10.9 Å². The molecule has 1 heterocycles. The monoisotopic (exact) mass is 279 g/mol. The molecular formula is C11H6ClF4NO. The number of benzene rings is 1. The van der Waals surface area contributed by atoms with Crippen LogP contribution in [0.2, 0.25) is 5.02 Å². The van der Waals surface area contributed by atoms with Gasteiger partial charge in [0.2, 0.25) is 0 Å². The smallest absolute Gasteiger partial charge is 0.349 e. The van der Waals surface area contributed by atoms with E-state index < -0.39 is 34.1 Å². The van der Waals surface area contributed by atoms with Crippen molar-refractivity contribution in [2.45, 2.75) is 13.1 Å². The molecule has 0 unspecified atom stereocenters. The molecule has 0 bridgehead atoms. The van der Waals surface area contributed by atoms with E-state index in [-0.39, 0.29) is 10.5 Å². The van der Waals surface area contributed by atoms with Gasteiger partial charge >= 0.3 is 6.18 Å². The van der Waals surface area contributed by atoms with Crippen molar-refractivity contribution in [1.29, 1.82) is 0 Å². The Morgan fingerprint density at radius 2 is 1.89 bits per heavy atom. The second kappa shape index (κ2) is 3.98. The van der Waals surface area contributed by atoms with Gasteiger partial charge in [-0.25, -0.2) is 4.39 Å². The van der Waals surface area contributed by atoms with Crippen LogP contribution >= 0.6 is 11.6 Å². The van der Waals surface area contributed by atoms with Gasteiger partial charge in [0.15, 0.2) is 5.43 Å². The molecule has 18 heavy (non-hydrogen) atoms. The number of hydrogen-bond acceptors (Lipinski definition) is 1. The van der Waals surface area contributed by atoms with Gasteiger partial charge in [0.05, 0.1) is 15.9 Å². The average molecular weight is 280 g/mol. The number of nitrogens with one attached hydrogen (secondary N) is 1. The fraction of sp³-hybridized carbons (Fsp3) is 0.182. The first-order valence-electron chi connectivity index (χ1n) is 4.81. The molecule has 7 heteroatoms. The Labute approximate surface area is 103 Å². The topological polar surface area (TPSA) is 32.9 Å². The first-order chi connectivity index (χ1) is 8.23. The lowest BCUT2D eigenvalue weighted by Crippen LogP contribution is -2.19. The number of halogens is 5. The van der Waals surface area contributed by atoms with E-state index >= 15 is 0 Å². The lowest BCUT2D eigenvalue weighted by Gasteiger charge is -2.12. The molecule has 1 aromatic heterocycles. The van der Waals surface area contributed by atoms with Gasteiger partial charge in [-0.15, -0.1) is 0 Å². The maximum absolute atomic E-state index is 13.5. The molecule has 0 fully saturated rings. The summed E-state index contributed by atoms with van der Waals surface area (Å²) < 4.78 is 51.5. The molecule has 0 aliphatic carbocycles. The van der Waals surface area contributed by atoms with Crippen LogP contribution in [0.4, 0.5) is 17.6 Å². The molecule has 0 atom stereocenters. The molecule has 2 nitrogen and oxygen atoms in total. The van der Waals surface area contributed by atoms with Crippen molar-refractivity contribution >= 4 is 22.5 Å². The summed E-state index contributed by atoms with van der Waals surface area (Å²) in [5.74, 6) is -0.910. The van der Waals surface area contributed by atoms with Crippen LogP contribution in [-0.4, -0.2) is 4.98 Å². The number of pyridine rings is 1. The SMILES string of the molecule is Cc1c(C(F)(F)F)[nH]c2c(Cl)ccc(F)c2c1=O. The number of alkyl halides is 3. The molecule has 0 radical (unpaired) electrons. The number of aromatic nitrogens is 1. The van der Waals surface area contributed by atoms with Crippen molar-refractivity contribution < 1.29 is 17.6 Å². The molecule has 0 saturated carbocycles. The Balaban J connectivity index is 3.02. The van der Waals surface area contributed by atoms with Crippen LogP contribution in [0.5, 0.6) is 0 Å². The van der Waals surface area contributed by atoms with Gasteiger partial charge in [-0.05, 0) is 19.1 Å². The Hall–Kier alpha value is -1.56. The fourth-order valence-corrected chi connectivity index (χ4v) is 1.90. The highest BCUT2D eigenvalue weighted by Gasteiger charge is 2.35. The van der Waals surface area contributed by atoms with E-state index in [0.29, 0.717) is 0 Å². The summed E-state index contributed by atoms with van der Waals surface area (Å²) >= 11 is 5.67. The standard InChI is InChI=1S/C11H6ClF4NO/c1-4-9(18)7-6(13)3-2-5(12)8(7)17-10(4)11(14,15)16/h2-3H,1H3,(H,17,18). The van der Waals surface area contributed by atoms with Crippen LogP contribution < -0.4 is 5.43 Å². The van der Waals surface area contributed by atoms with E-state index in [2.05, 4.69) is 0 Å². The van der Waals surface area contributed by atoms with E-state index in [9.17, 15) is 22.4 Å². The zero-order valence-electron chi connectivity index (χ0n) is 8.95. The van der Waals surface area contributed by atoms with Crippen LogP contribution in [0, 0.1) is 12.7 Å². The minimum Gasteiger partial charge on any atom is -0.349 e. The van der Waals surface area contributed by atoms with Crippen LogP contribution in [0.3, 0.4) is 0 Å². The maximum atomic E-state index is 13.5. The Bertz CT molecular complexity index is 690. The molecule has 0 aliphatic heterocycles.